The highest BCUT2D eigenvalue weighted by Gasteiger charge is 2.10. The molecular weight excluding hydrogens is 409 g/mol. The first kappa shape index (κ1) is 19.2. The van der Waals surface area contributed by atoms with E-state index in [1.54, 1.807) is 48.0 Å². The number of thiazole rings is 1. The highest BCUT2D eigenvalue weighted by Crippen LogP contribution is 2.27. The Bertz CT molecular complexity index is 947. The van der Waals surface area contributed by atoms with Crippen molar-refractivity contribution in [1.82, 2.24) is 4.98 Å². The van der Waals surface area contributed by atoms with Crippen LogP contribution in [0.3, 0.4) is 0 Å². The molecule has 0 spiro atoms. The van der Waals surface area contributed by atoms with Gasteiger partial charge in [-0.25, -0.2) is 4.98 Å². The lowest BCUT2D eigenvalue weighted by atomic mass is 10.2. The van der Waals surface area contributed by atoms with Crippen molar-refractivity contribution < 1.29 is 14.3 Å². The van der Waals surface area contributed by atoms with Gasteiger partial charge in [-0.1, -0.05) is 23.2 Å². The average Bonchev–Trinajstić information content (AvgIpc) is 3.14. The summed E-state index contributed by atoms with van der Waals surface area (Å²) in [4.78, 5) is 28.1. The first-order valence-electron chi connectivity index (χ1n) is 7.70. The third-order valence-electron chi connectivity index (χ3n) is 3.34. The number of halogens is 2. The molecule has 2 aromatic carbocycles. The van der Waals surface area contributed by atoms with Crippen molar-refractivity contribution in [2.75, 3.05) is 17.2 Å². The summed E-state index contributed by atoms with van der Waals surface area (Å²) in [5.41, 5.74) is 0.990. The number of ether oxygens (including phenoxy) is 1. The van der Waals surface area contributed by atoms with Crippen LogP contribution in [0.4, 0.5) is 10.8 Å². The Morgan fingerprint density at radius 3 is 2.52 bits per heavy atom. The highest BCUT2D eigenvalue weighted by atomic mass is 35.5. The van der Waals surface area contributed by atoms with E-state index in [9.17, 15) is 9.59 Å². The van der Waals surface area contributed by atoms with E-state index < -0.39 is 0 Å². The van der Waals surface area contributed by atoms with Crippen LogP contribution < -0.4 is 15.4 Å². The molecule has 9 heteroatoms. The lowest BCUT2D eigenvalue weighted by molar-refractivity contribution is -0.118. The molecule has 0 radical (unpaired) electrons. The lowest BCUT2D eigenvalue weighted by Crippen LogP contribution is -2.20. The maximum absolute atomic E-state index is 12.1. The number of anilines is 2. The fourth-order valence-corrected chi connectivity index (χ4v) is 3.08. The number of carbonyl (C=O) groups is 2. The predicted molar refractivity (Wildman–Crippen MR) is 107 cm³/mol. The molecule has 2 N–H and O–H groups in total. The summed E-state index contributed by atoms with van der Waals surface area (Å²) in [5, 5.41) is 8.47. The largest absolute Gasteiger partial charge is 0.482 e. The minimum atomic E-state index is -0.360. The van der Waals surface area contributed by atoms with Gasteiger partial charge in [-0.15, -0.1) is 11.3 Å². The molecule has 0 unspecified atom stereocenters. The molecule has 0 bridgehead atoms. The summed E-state index contributed by atoms with van der Waals surface area (Å²) in [6.07, 6.45) is 1.61. The van der Waals surface area contributed by atoms with Gasteiger partial charge in [-0.3, -0.25) is 14.9 Å². The molecule has 27 heavy (non-hydrogen) atoms. The second kappa shape index (κ2) is 8.85. The normalized spacial score (nSPS) is 10.3. The molecule has 0 fully saturated rings. The molecule has 2 amide bonds. The number of carbonyl (C=O) groups excluding carboxylic acids is 2. The third-order valence-corrected chi connectivity index (χ3v) is 4.56. The summed E-state index contributed by atoms with van der Waals surface area (Å²) in [6.45, 7) is -0.215. The summed E-state index contributed by atoms with van der Waals surface area (Å²) in [6, 6.07) is 11.2. The smallest absolute Gasteiger partial charge is 0.262 e. The Hall–Kier alpha value is -2.61. The summed E-state index contributed by atoms with van der Waals surface area (Å²) in [7, 11) is 0. The molecule has 138 valence electrons. The third kappa shape index (κ3) is 5.43. The Morgan fingerprint density at radius 2 is 1.85 bits per heavy atom. The van der Waals surface area contributed by atoms with Gasteiger partial charge in [-0.05, 0) is 42.5 Å². The van der Waals surface area contributed by atoms with Crippen LogP contribution in [0.1, 0.15) is 10.4 Å². The topological polar surface area (TPSA) is 80.3 Å². The monoisotopic (exact) mass is 421 g/mol. The van der Waals surface area contributed by atoms with E-state index in [0.717, 1.165) is 0 Å². The van der Waals surface area contributed by atoms with Crippen molar-refractivity contribution in [2.24, 2.45) is 0 Å². The summed E-state index contributed by atoms with van der Waals surface area (Å²) in [5.74, 6) is -0.269. The number of nitrogens with one attached hydrogen (secondary N) is 2. The van der Waals surface area contributed by atoms with Gasteiger partial charge in [0.05, 0.1) is 5.02 Å². The maximum Gasteiger partial charge on any atom is 0.262 e. The predicted octanol–water partition coefficient (Wildman–Crippen LogP) is 4.72. The zero-order valence-electron chi connectivity index (χ0n) is 13.7. The number of aromatic nitrogens is 1. The summed E-state index contributed by atoms with van der Waals surface area (Å²) >= 11 is 13.1. The fourth-order valence-electron chi connectivity index (χ4n) is 2.09. The highest BCUT2D eigenvalue weighted by molar-refractivity contribution is 7.13. The Labute approximate surface area is 169 Å². The second-order valence-electron chi connectivity index (χ2n) is 5.28. The van der Waals surface area contributed by atoms with E-state index in [2.05, 4.69) is 15.6 Å². The molecule has 0 aliphatic rings. The van der Waals surface area contributed by atoms with Crippen LogP contribution in [0.25, 0.3) is 0 Å². The molecule has 3 aromatic rings. The second-order valence-corrected chi connectivity index (χ2v) is 7.02. The van der Waals surface area contributed by atoms with Crippen molar-refractivity contribution in [3.05, 3.63) is 69.7 Å². The van der Waals surface area contributed by atoms with Crippen LogP contribution in [-0.2, 0) is 4.79 Å². The van der Waals surface area contributed by atoms with Crippen LogP contribution in [0.5, 0.6) is 5.75 Å². The van der Waals surface area contributed by atoms with Gasteiger partial charge in [0.15, 0.2) is 11.7 Å². The van der Waals surface area contributed by atoms with E-state index in [-0.39, 0.29) is 18.4 Å². The zero-order valence-corrected chi connectivity index (χ0v) is 16.1. The van der Waals surface area contributed by atoms with Gasteiger partial charge in [0.25, 0.3) is 11.8 Å². The lowest BCUT2D eigenvalue weighted by Gasteiger charge is -2.09. The fraction of sp³-hybridized carbons (Fsp3) is 0.0556. The van der Waals surface area contributed by atoms with Crippen LogP contribution in [0.2, 0.25) is 10.0 Å². The van der Waals surface area contributed by atoms with Crippen LogP contribution >= 0.6 is 34.5 Å². The zero-order chi connectivity index (χ0) is 19.2. The quantitative estimate of drug-likeness (QED) is 0.603. The van der Waals surface area contributed by atoms with Crippen molar-refractivity contribution in [3.8, 4) is 5.75 Å². The van der Waals surface area contributed by atoms with Crippen LogP contribution in [0.15, 0.2) is 54.0 Å². The van der Waals surface area contributed by atoms with Gasteiger partial charge < -0.3 is 10.1 Å². The van der Waals surface area contributed by atoms with Crippen molar-refractivity contribution >= 4 is 57.2 Å². The van der Waals surface area contributed by atoms with E-state index in [0.29, 0.717) is 32.2 Å². The van der Waals surface area contributed by atoms with Crippen LogP contribution in [0, 0.1) is 0 Å². The number of benzene rings is 2. The molecule has 1 aromatic heterocycles. The number of hydrogen-bond acceptors (Lipinski definition) is 5. The number of hydrogen-bond donors (Lipinski definition) is 2. The first-order chi connectivity index (χ1) is 13.0. The number of nitrogens with zero attached hydrogens (tertiary/aromatic N) is 1. The minimum absolute atomic E-state index is 0.215. The van der Waals surface area contributed by atoms with E-state index in [1.807, 2.05) is 0 Å². The molecule has 0 aliphatic carbocycles. The van der Waals surface area contributed by atoms with Crippen molar-refractivity contribution in [1.29, 1.82) is 0 Å². The Morgan fingerprint density at radius 1 is 1.07 bits per heavy atom. The standard InChI is InChI=1S/C18H13Cl2N3O3S/c19-12-3-6-15(14(20)9-12)26-10-16(24)22-13-4-1-11(2-5-13)17(25)23-18-21-7-8-27-18/h1-9H,10H2,(H,22,24)(H,21,23,25). The molecule has 0 aliphatic heterocycles. The van der Waals surface area contributed by atoms with E-state index in [4.69, 9.17) is 27.9 Å². The van der Waals surface area contributed by atoms with E-state index in [1.165, 1.54) is 17.4 Å². The van der Waals surface area contributed by atoms with Gasteiger partial charge in [0.2, 0.25) is 0 Å². The average molecular weight is 422 g/mol. The SMILES string of the molecule is O=C(COc1ccc(Cl)cc1Cl)Nc1ccc(C(=O)Nc2nccs2)cc1. The van der Waals surface area contributed by atoms with Gasteiger partial charge in [-0.2, -0.15) is 0 Å². The number of rotatable bonds is 6. The molecule has 1 heterocycles. The van der Waals surface area contributed by atoms with Crippen LogP contribution in [-0.4, -0.2) is 23.4 Å². The minimum Gasteiger partial charge on any atom is -0.482 e. The molecule has 6 nitrogen and oxygen atoms in total. The van der Waals surface area contributed by atoms with Crippen molar-refractivity contribution in [2.45, 2.75) is 0 Å². The molecule has 0 saturated heterocycles. The molecular formula is C18H13Cl2N3O3S. The van der Waals surface area contributed by atoms with Gasteiger partial charge in [0.1, 0.15) is 5.75 Å². The molecule has 0 atom stereocenters. The maximum atomic E-state index is 12.1. The molecule has 3 rings (SSSR count). The van der Waals surface area contributed by atoms with Gasteiger partial charge >= 0.3 is 0 Å². The summed E-state index contributed by atoms with van der Waals surface area (Å²) < 4.78 is 5.37. The van der Waals surface area contributed by atoms with E-state index >= 15 is 0 Å². The number of amides is 2. The van der Waals surface area contributed by atoms with Gasteiger partial charge in [0, 0.05) is 27.9 Å². The Balaban J connectivity index is 1.53. The molecule has 0 saturated carbocycles. The Kier molecular flexibility index (Phi) is 6.28. The first-order valence-corrected chi connectivity index (χ1v) is 9.33. The van der Waals surface area contributed by atoms with Crippen molar-refractivity contribution in [3.63, 3.8) is 0 Å².